The van der Waals surface area contributed by atoms with E-state index < -0.39 is 0 Å². The summed E-state index contributed by atoms with van der Waals surface area (Å²) in [7, 11) is 0. The first kappa shape index (κ1) is 8.62. The van der Waals surface area contributed by atoms with Crippen molar-refractivity contribution in [1.29, 1.82) is 0 Å². The van der Waals surface area contributed by atoms with Crippen LogP contribution in [0.5, 0.6) is 0 Å². The van der Waals surface area contributed by atoms with Crippen molar-refractivity contribution in [2.24, 2.45) is 0 Å². The summed E-state index contributed by atoms with van der Waals surface area (Å²) in [6.45, 7) is 0. The minimum absolute atomic E-state index is 0.516. The molecular weight excluding hydrogens is 184 g/mol. The molecular formula is C8H12N4S. The van der Waals surface area contributed by atoms with E-state index in [1.54, 1.807) is 6.20 Å². The van der Waals surface area contributed by atoms with Crippen LogP contribution < -0.4 is 11.1 Å². The molecule has 0 amide bonds. The molecule has 5 heteroatoms. The van der Waals surface area contributed by atoms with Crippen molar-refractivity contribution in [2.75, 3.05) is 22.6 Å². The van der Waals surface area contributed by atoms with Gasteiger partial charge in [0.2, 0.25) is 0 Å². The lowest BCUT2D eigenvalue weighted by molar-refractivity contribution is 0.806. The Morgan fingerprint density at radius 3 is 3.23 bits per heavy atom. The topological polar surface area (TPSA) is 63.8 Å². The average molecular weight is 196 g/mol. The molecule has 2 heterocycles. The average Bonchev–Trinajstić information content (AvgIpc) is 2.61. The molecule has 13 heavy (non-hydrogen) atoms. The maximum absolute atomic E-state index is 5.70. The molecule has 0 aromatic carbocycles. The van der Waals surface area contributed by atoms with Crippen molar-refractivity contribution in [1.82, 2.24) is 9.97 Å². The molecule has 2 rings (SSSR count). The Hall–Kier alpha value is -0.970. The van der Waals surface area contributed by atoms with Crippen LogP contribution in [0.2, 0.25) is 0 Å². The van der Waals surface area contributed by atoms with Gasteiger partial charge in [0.15, 0.2) is 5.82 Å². The molecule has 0 radical (unpaired) electrons. The highest BCUT2D eigenvalue weighted by Crippen LogP contribution is 2.22. The lowest BCUT2D eigenvalue weighted by Gasteiger charge is -2.12. The monoisotopic (exact) mass is 196 g/mol. The predicted molar refractivity (Wildman–Crippen MR) is 55.8 cm³/mol. The summed E-state index contributed by atoms with van der Waals surface area (Å²) in [5.41, 5.74) is 6.33. The Labute approximate surface area is 81.3 Å². The Morgan fingerprint density at radius 1 is 1.62 bits per heavy atom. The number of anilines is 2. The van der Waals surface area contributed by atoms with Gasteiger partial charge in [-0.05, 0) is 12.2 Å². The van der Waals surface area contributed by atoms with Crippen LogP contribution in [0.1, 0.15) is 6.42 Å². The summed E-state index contributed by atoms with van der Waals surface area (Å²) >= 11 is 1.96. The molecule has 0 aliphatic carbocycles. The van der Waals surface area contributed by atoms with E-state index in [0.29, 0.717) is 11.7 Å². The summed E-state index contributed by atoms with van der Waals surface area (Å²) in [6.07, 6.45) is 4.33. The van der Waals surface area contributed by atoms with Crippen molar-refractivity contribution in [3.05, 3.63) is 12.5 Å². The standard InChI is InChI=1S/C8H12N4S/c9-7-3-10-5-11-8(7)12-6-1-2-13-4-6/h3,5-6H,1-2,4,9H2,(H,10,11,12). The van der Waals surface area contributed by atoms with Crippen LogP contribution in [-0.2, 0) is 0 Å². The van der Waals surface area contributed by atoms with E-state index in [-0.39, 0.29) is 0 Å². The van der Waals surface area contributed by atoms with E-state index in [9.17, 15) is 0 Å². The van der Waals surface area contributed by atoms with Gasteiger partial charge in [-0.3, -0.25) is 0 Å². The van der Waals surface area contributed by atoms with Gasteiger partial charge in [0.05, 0.1) is 11.9 Å². The summed E-state index contributed by atoms with van der Waals surface area (Å²) in [5, 5.41) is 3.31. The van der Waals surface area contributed by atoms with Crippen molar-refractivity contribution in [3.8, 4) is 0 Å². The van der Waals surface area contributed by atoms with Crippen molar-refractivity contribution in [2.45, 2.75) is 12.5 Å². The van der Waals surface area contributed by atoms with E-state index in [1.165, 1.54) is 18.5 Å². The summed E-state index contributed by atoms with van der Waals surface area (Å²) in [5.74, 6) is 3.13. The minimum atomic E-state index is 0.516. The molecule has 1 aliphatic heterocycles. The number of nitrogens with zero attached hydrogens (tertiary/aromatic N) is 2. The van der Waals surface area contributed by atoms with Crippen LogP contribution in [0.25, 0.3) is 0 Å². The molecule has 1 aromatic rings. The SMILES string of the molecule is Nc1cncnc1NC1CCSC1. The molecule has 1 aromatic heterocycles. The zero-order chi connectivity index (χ0) is 9.10. The highest BCUT2D eigenvalue weighted by atomic mass is 32.2. The Kier molecular flexibility index (Phi) is 2.54. The summed E-state index contributed by atoms with van der Waals surface area (Å²) in [4.78, 5) is 7.92. The highest BCUT2D eigenvalue weighted by Gasteiger charge is 2.16. The molecule has 1 saturated heterocycles. The maximum atomic E-state index is 5.70. The minimum Gasteiger partial charge on any atom is -0.394 e. The van der Waals surface area contributed by atoms with Crippen LogP contribution in [0, 0.1) is 0 Å². The zero-order valence-corrected chi connectivity index (χ0v) is 8.05. The third kappa shape index (κ3) is 2.03. The number of thioether (sulfide) groups is 1. The van der Waals surface area contributed by atoms with Crippen molar-refractivity contribution in [3.63, 3.8) is 0 Å². The van der Waals surface area contributed by atoms with Crippen LogP contribution in [0.15, 0.2) is 12.5 Å². The van der Waals surface area contributed by atoms with Gasteiger partial charge in [-0.15, -0.1) is 0 Å². The van der Waals surface area contributed by atoms with Gasteiger partial charge in [0.1, 0.15) is 6.33 Å². The predicted octanol–water partition coefficient (Wildman–Crippen LogP) is 0.976. The molecule has 1 atom stereocenters. The van der Waals surface area contributed by atoms with Crippen molar-refractivity contribution < 1.29 is 0 Å². The first-order chi connectivity index (χ1) is 6.36. The zero-order valence-electron chi connectivity index (χ0n) is 7.23. The summed E-state index contributed by atoms with van der Waals surface area (Å²) < 4.78 is 0. The van der Waals surface area contributed by atoms with Crippen LogP contribution in [0.4, 0.5) is 11.5 Å². The second kappa shape index (κ2) is 3.83. The first-order valence-electron chi connectivity index (χ1n) is 4.26. The molecule has 1 unspecified atom stereocenters. The number of nitrogen functional groups attached to an aromatic ring is 1. The van der Waals surface area contributed by atoms with Gasteiger partial charge in [-0.1, -0.05) is 0 Å². The van der Waals surface area contributed by atoms with Gasteiger partial charge in [-0.2, -0.15) is 11.8 Å². The van der Waals surface area contributed by atoms with E-state index in [2.05, 4.69) is 15.3 Å². The second-order valence-electron chi connectivity index (χ2n) is 3.03. The smallest absolute Gasteiger partial charge is 0.152 e. The fraction of sp³-hybridized carbons (Fsp3) is 0.500. The van der Waals surface area contributed by atoms with Crippen LogP contribution >= 0.6 is 11.8 Å². The molecule has 0 saturated carbocycles. The van der Waals surface area contributed by atoms with Gasteiger partial charge in [0, 0.05) is 11.8 Å². The van der Waals surface area contributed by atoms with Gasteiger partial charge < -0.3 is 11.1 Å². The maximum Gasteiger partial charge on any atom is 0.152 e. The van der Waals surface area contributed by atoms with E-state index in [1.807, 2.05) is 11.8 Å². The number of aromatic nitrogens is 2. The normalized spacial score (nSPS) is 21.7. The van der Waals surface area contributed by atoms with E-state index >= 15 is 0 Å². The highest BCUT2D eigenvalue weighted by molar-refractivity contribution is 7.99. The Balaban J connectivity index is 2.04. The molecule has 1 aliphatic rings. The molecule has 1 fully saturated rings. The third-order valence-corrected chi connectivity index (χ3v) is 3.17. The second-order valence-corrected chi connectivity index (χ2v) is 4.18. The van der Waals surface area contributed by atoms with Crippen LogP contribution in [0.3, 0.4) is 0 Å². The number of rotatable bonds is 2. The largest absolute Gasteiger partial charge is 0.394 e. The quantitative estimate of drug-likeness (QED) is 0.738. The number of nitrogens with one attached hydrogen (secondary N) is 1. The van der Waals surface area contributed by atoms with Crippen LogP contribution in [-0.4, -0.2) is 27.5 Å². The van der Waals surface area contributed by atoms with Gasteiger partial charge in [0.25, 0.3) is 0 Å². The molecule has 70 valence electrons. The number of hydrogen-bond acceptors (Lipinski definition) is 5. The molecule has 0 bridgehead atoms. The molecule has 0 spiro atoms. The molecule has 4 nitrogen and oxygen atoms in total. The number of hydrogen-bond donors (Lipinski definition) is 2. The summed E-state index contributed by atoms with van der Waals surface area (Å²) in [6, 6.07) is 0.516. The Morgan fingerprint density at radius 2 is 2.54 bits per heavy atom. The lowest BCUT2D eigenvalue weighted by atomic mass is 10.2. The molecule has 3 N–H and O–H groups in total. The fourth-order valence-corrected chi connectivity index (χ4v) is 2.46. The van der Waals surface area contributed by atoms with Crippen molar-refractivity contribution >= 4 is 23.3 Å². The third-order valence-electron chi connectivity index (χ3n) is 2.01. The number of nitrogens with two attached hydrogens (primary N) is 1. The van der Waals surface area contributed by atoms with Gasteiger partial charge >= 0.3 is 0 Å². The lowest BCUT2D eigenvalue weighted by Crippen LogP contribution is -2.19. The Bertz CT molecular complexity index is 285. The first-order valence-corrected chi connectivity index (χ1v) is 5.41. The van der Waals surface area contributed by atoms with E-state index in [4.69, 9.17) is 5.73 Å². The fourth-order valence-electron chi connectivity index (χ4n) is 1.30. The van der Waals surface area contributed by atoms with Gasteiger partial charge in [-0.25, -0.2) is 9.97 Å². The van der Waals surface area contributed by atoms with E-state index in [0.717, 1.165) is 11.6 Å².